The number of halogens is 1. The minimum atomic E-state index is -0.373. The van der Waals surface area contributed by atoms with Gasteiger partial charge in [-0.2, -0.15) is 0 Å². The fourth-order valence-corrected chi connectivity index (χ4v) is 6.50. The first-order valence-electron chi connectivity index (χ1n) is 15.5. The summed E-state index contributed by atoms with van der Waals surface area (Å²) in [6.45, 7) is 11.4. The van der Waals surface area contributed by atoms with Crippen LogP contribution in [0.2, 0.25) is 5.02 Å². The number of ketones is 1. The number of hydrogen-bond donors (Lipinski definition) is 0. The molecule has 3 aromatic carbocycles. The van der Waals surface area contributed by atoms with Gasteiger partial charge in [-0.15, -0.1) is 11.3 Å². The van der Waals surface area contributed by atoms with Crippen LogP contribution in [0.5, 0.6) is 11.5 Å². The van der Waals surface area contributed by atoms with E-state index in [1.54, 1.807) is 41.3 Å². The van der Waals surface area contributed by atoms with E-state index in [-0.39, 0.29) is 35.3 Å². The fourth-order valence-electron chi connectivity index (χ4n) is 5.28. The summed E-state index contributed by atoms with van der Waals surface area (Å²) in [5, 5.41) is 0.483. The molecule has 1 aliphatic heterocycles. The number of benzene rings is 3. The Balaban J connectivity index is 1.59. The number of aryl methyl sites for hydroxylation is 1. The average molecular weight is 659 g/mol. The van der Waals surface area contributed by atoms with Crippen LogP contribution >= 0.6 is 22.9 Å². The zero-order valence-electron chi connectivity index (χ0n) is 26.8. The van der Waals surface area contributed by atoms with Gasteiger partial charge in [-0.1, -0.05) is 81.8 Å². The van der Waals surface area contributed by atoms with Gasteiger partial charge in [0.15, 0.2) is 5.78 Å². The van der Waals surface area contributed by atoms with Crippen LogP contribution in [-0.2, 0) is 27.9 Å². The number of ether oxygens (including phenoxy) is 2. The topological polar surface area (TPSA) is 77.8 Å². The van der Waals surface area contributed by atoms with Crippen LogP contribution in [0, 0.1) is 0 Å². The van der Waals surface area contributed by atoms with Crippen LogP contribution in [-0.4, -0.2) is 47.0 Å². The number of hydrogen-bond acceptors (Lipinski definition) is 6. The molecule has 1 aromatic heterocycles. The monoisotopic (exact) mass is 658 g/mol. The maximum Gasteiger partial charge on any atom is 0.269 e. The Hall–Kier alpha value is -3.98. The smallest absolute Gasteiger partial charge is 0.269 e. The molecule has 1 atom stereocenters. The normalized spacial score (nSPS) is 16.1. The van der Waals surface area contributed by atoms with Crippen molar-refractivity contribution in [2.75, 3.05) is 19.7 Å². The predicted molar refractivity (Wildman–Crippen MR) is 185 cm³/mol. The van der Waals surface area contributed by atoms with E-state index in [4.69, 9.17) is 21.1 Å². The number of morpholine rings is 1. The molecule has 1 amide bonds. The number of thiazole rings is 1. The van der Waals surface area contributed by atoms with Crippen molar-refractivity contribution in [3.8, 4) is 11.5 Å². The molecule has 0 spiro atoms. The van der Waals surface area contributed by atoms with E-state index in [0.29, 0.717) is 56.5 Å². The highest BCUT2D eigenvalue weighted by Gasteiger charge is 2.23. The Bertz CT molecular complexity index is 1920. The van der Waals surface area contributed by atoms with Crippen molar-refractivity contribution >= 4 is 46.8 Å². The van der Waals surface area contributed by atoms with Gasteiger partial charge in [0, 0.05) is 35.3 Å². The Kier molecular flexibility index (Phi) is 10.3. The molecule has 240 valence electrons. The lowest BCUT2D eigenvalue weighted by Crippen LogP contribution is -2.47. The second-order valence-corrected chi connectivity index (χ2v) is 13.9. The highest BCUT2D eigenvalue weighted by atomic mass is 35.5. The lowest BCUT2D eigenvalue weighted by atomic mass is 9.86. The van der Waals surface area contributed by atoms with E-state index in [0.717, 1.165) is 28.9 Å². The van der Waals surface area contributed by atoms with Crippen molar-refractivity contribution in [3.63, 3.8) is 0 Å². The summed E-state index contributed by atoms with van der Waals surface area (Å²) >= 11 is 7.55. The summed E-state index contributed by atoms with van der Waals surface area (Å²) in [6, 6.07) is 20.5. The first kappa shape index (κ1) is 33.4. The minimum Gasteiger partial charge on any atom is -0.456 e. The standard InChI is InChI=1S/C37H39ClN2O5S/c1-6-25-9-7-8-10-31(25)45-32-16-15-29(38)19-27(32)20-33-36(43)40(23-34(42)39-17-18-44-24(2)22-39)35(46-33)21-30(41)26-11-13-28(14-12-26)37(3,4)5/h7-16,19-21,24H,6,17-18,22-23H2,1-5H3/b33-20-,35-21-. The first-order chi connectivity index (χ1) is 21.9. The molecule has 9 heteroatoms. The number of carbonyl (C=O) groups excluding carboxylic acids is 2. The van der Waals surface area contributed by atoms with Crippen molar-refractivity contribution in [2.45, 2.75) is 59.1 Å². The fraction of sp³-hybridized carbons (Fsp3) is 0.324. The molecule has 0 saturated carbocycles. The maximum absolute atomic E-state index is 13.9. The molecule has 7 nitrogen and oxygen atoms in total. The van der Waals surface area contributed by atoms with Gasteiger partial charge in [0.2, 0.25) is 5.91 Å². The molecule has 1 saturated heterocycles. The molecule has 1 aliphatic rings. The summed E-state index contributed by atoms with van der Waals surface area (Å²) in [6.07, 6.45) is 3.85. The molecule has 1 unspecified atom stereocenters. The van der Waals surface area contributed by atoms with Crippen LogP contribution in [0.4, 0.5) is 0 Å². The summed E-state index contributed by atoms with van der Waals surface area (Å²) in [5.41, 5.74) is 2.83. The van der Waals surface area contributed by atoms with Crippen molar-refractivity contribution in [2.24, 2.45) is 0 Å². The average Bonchev–Trinajstić information content (AvgIpc) is 3.30. The van der Waals surface area contributed by atoms with Crippen LogP contribution in [0.3, 0.4) is 0 Å². The number of rotatable bonds is 8. The van der Waals surface area contributed by atoms with E-state index in [1.807, 2.05) is 43.3 Å². The number of Topliss-reactive ketones (excluding diaryl/α,β-unsaturated/α-hetero) is 1. The Morgan fingerprint density at radius 1 is 1.07 bits per heavy atom. The van der Waals surface area contributed by atoms with Gasteiger partial charge in [-0.25, -0.2) is 0 Å². The molecule has 2 heterocycles. The van der Waals surface area contributed by atoms with Gasteiger partial charge < -0.3 is 14.4 Å². The number of aromatic nitrogens is 1. The summed E-state index contributed by atoms with van der Waals surface area (Å²) < 4.78 is 14.0. The summed E-state index contributed by atoms with van der Waals surface area (Å²) in [7, 11) is 0. The summed E-state index contributed by atoms with van der Waals surface area (Å²) in [4.78, 5) is 42.5. The minimum absolute atomic E-state index is 0.0524. The predicted octanol–water partition coefficient (Wildman–Crippen LogP) is 5.95. The van der Waals surface area contributed by atoms with Crippen LogP contribution < -0.4 is 19.5 Å². The van der Waals surface area contributed by atoms with Gasteiger partial charge in [0.1, 0.15) is 22.7 Å². The molecular weight excluding hydrogens is 620 g/mol. The lowest BCUT2D eigenvalue weighted by molar-refractivity contribution is -0.138. The number of para-hydroxylation sites is 1. The Labute approximate surface area is 278 Å². The third-order valence-electron chi connectivity index (χ3n) is 7.95. The van der Waals surface area contributed by atoms with Crippen molar-refractivity contribution in [1.29, 1.82) is 0 Å². The zero-order valence-corrected chi connectivity index (χ0v) is 28.4. The lowest BCUT2D eigenvalue weighted by Gasteiger charge is -2.31. The van der Waals surface area contributed by atoms with E-state index >= 15 is 0 Å². The van der Waals surface area contributed by atoms with Gasteiger partial charge in [0.25, 0.3) is 5.56 Å². The molecule has 46 heavy (non-hydrogen) atoms. The van der Waals surface area contributed by atoms with E-state index in [2.05, 4.69) is 27.7 Å². The maximum atomic E-state index is 13.9. The Morgan fingerprint density at radius 2 is 1.80 bits per heavy atom. The van der Waals surface area contributed by atoms with Crippen molar-refractivity contribution < 1.29 is 19.1 Å². The van der Waals surface area contributed by atoms with E-state index in [9.17, 15) is 14.4 Å². The number of nitrogens with zero attached hydrogens (tertiary/aromatic N) is 2. The van der Waals surface area contributed by atoms with Gasteiger partial charge in [-0.3, -0.25) is 19.0 Å². The van der Waals surface area contributed by atoms with Crippen molar-refractivity contribution in [3.05, 3.63) is 114 Å². The number of amides is 1. The third-order valence-corrected chi connectivity index (χ3v) is 9.24. The molecule has 4 aromatic rings. The molecule has 0 bridgehead atoms. The first-order valence-corrected chi connectivity index (χ1v) is 16.6. The van der Waals surface area contributed by atoms with Gasteiger partial charge in [-0.05, 0) is 60.2 Å². The molecule has 0 N–H and O–H groups in total. The largest absolute Gasteiger partial charge is 0.456 e. The summed E-state index contributed by atoms with van der Waals surface area (Å²) in [5.74, 6) is 0.787. The van der Waals surface area contributed by atoms with Crippen molar-refractivity contribution in [1.82, 2.24) is 9.47 Å². The van der Waals surface area contributed by atoms with Crippen LogP contribution in [0.1, 0.15) is 61.7 Å². The molecule has 0 aliphatic carbocycles. The highest BCUT2D eigenvalue weighted by Crippen LogP contribution is 2.31. The van der Waals surface area contributed by atoms with Gasteiger partial charge in [0.05, 0.1) is 17.2 Å². The number of carbonyl (C=O) groups is 2. The van der Waals surface area contributed by atoms with Gasteiger partial charge >= 0.3 is 0 Å². The zero-order chi connectivity index (χ0) is 33.0. The SMILES string of the molecule is CCc1ccccc1Oc1ccc(Cl)cc1/C=c1\s/c(=C\C(=O)c2ccc(C(C)(C)C)cc2)n(CC(=O)N2CCOC(C)C2)c1=O. The molecule has 5 rings (SSSR count). The molecule has 1 fully saturated rings. The second-order valence-electron chi connectivity index (χ2n) is 12.4. The second kappa shape index (κ2) is 14.2. The quantitative estimate of drug-likeness (QED) is 0.219. The molecule has 0 radical (unpaired) electrons. The third kappa shape index (κ3) is 7.86. The Morgan fingerprint density at radius 3 is 2.50 bits per heavy atom. The molecular formula is C37H39ClN2O5S. The van der Waals surface area contributed by atoms with Crippen LogP contribution in [0.15, 0.2) is 71.5 Å². The van der Waals surface area contributed by atoms with E-state index in [1.165, 1.54) is 10.6 Å². The van der Waals surface area contributed by atoms with Crippen LogP contribution in [0.25, 0.3) is 12.2 Å². The van der Waals surface area contributed by atoms with E-state index < -0.39 is 0 Å². The highest BCUT2D eigenvalue weighted by molar-refractivity contribution is 7.07.